The first-order valence-electron chi connectivity index (χ1n) is 5.86. The van der Waals surface area contributed by atoms with E-state index in [9.17, 15) is 4.79 Å². The number of thiophene rings is 1. The summed E-state index contributed by atoms with van der Waals surface area (Å²) in [5.41, 5.74) is 2.48. The molecule has 3 aromatic rings. The van der Waals surface area contributed by atoms with Crippen molar-refractivity contribution in [2.45, 2.75) is 13.5 Å². The molecule has 0 N–H and O–H groups in total. The van der Waals surface area contributed by atoms with Gasteiger partial charge in [-0.2, -0.15) is 0 Å². The number of nitrogens with zero attached hydrogens (tertiary/aromatic N) is 1. The van der Waals surface area contributed by atoms with Gasteiger partial charge in [0.25, 0.3) is 5.56 Å². The minimum atomic E-state index is 0.0920. The molecule has 90 valence electrons. The Morgan fingerprint density at radius 2 is 1.89 bits per heavy atom. The van der Waals surface area contributed by atoms with Crippen LogP contribution in [0.2, 0.25) is 0 Å². The fourth-order valence-corrected chi connectivity index (χ4v) is 2.79. The normalized spacial score (nSPS) is 10.9. The molecule has 0 fully saturated rings. The smallest absolute Gasteiger partial charge is 0.259 e. The van der Waals surface area contributed by atoms with E-state index in [4.69, 9.17) is 0 Å². The van der Waals surface area contributed by atoms with Gasteiger partial charge in [-0.25, -0.2) is 0 Å². The maximum absolute atomic E-state index is 12.2. The van der Waals surface area contributed by atoms with Crippen LogP contribution in [-0.2, 0) is 6.54 Å². The van der Waals surface area contributed by atoms with E-state index in [-0.39, 0.29) is 5.56 Å². The van der Waals surface area contributed by atoms with Gasteiger partial charge in [0.1, 0.15) is 0 Å². The van der Waals surface area contributed by atoms with Crippen molar-refractivity contribution in [3.63, 3.8) is 0 Å². The molecular weight excluding hydrogens is 242 g/mol. The van der Waals surface area contributed by atoms with Crippen molar-refractivity contribution in [2.75, 3.05) is 0 Å². The molecule has 0 bridgehead atoms. The van der Waals surface area contributed by atoms with Crippen molar-refractivity contribution in [2.24, 2.45) is 0 Å². The van der Waals surface area contributed by atoms with Crippen molar-refractivity contribution >= 4 is 21.4 Å². The number of fused-ring (bicyclic) bond motifs is 1. The molecule has 0 spiro atoms. The summed E-state index contributed by atoms with van der Waals surface area (Å²) in [7, 11) is 0. The second-order valence-electron chi connectivity index (χ2n) is 4.43. The van der Waals surface area contributed by atoms with E-state index in [0.717, 1.165) is 15.6 Å². The van der Waals surface area contributed by atoms with Gasteiger partial charge >= 0.3 is 0 Å². The van der Waals surface area contributed by atoms with Crippen LogP contribution in [-0.4, -0.2) is 4.57 Å². The predicted octanol–water partition coefficient (Wildman–Crippen LogP) is 3.42. The Labute approximate surface area is 109 Å². The Morgan fingerprint density at radius 1 is 1.11 bits per heavy atom. The third-order valence-electron chi connectivity index (χ3n) is 3.07. The van der Waals surface area contributed by atoms with Crippen molar-refractivity contribution < 1.29 is 0 Å². The molecule has 18 heavy (non-hydrogen) atoms. The van der Waals surface area contributed by atoms with Crippen LogP contribution in [0.5, 0.6) is 0 Å². The molecule has 0 amide bonds. The predicted molar refractivity (Wildman–Crippen MR) is 76.4 cm³/mol. The SMILES string of the molecule is Cc1ccc(Cn2ccc3sccc3c2=O)cc1. The lowest BCUT2D eigenvalue weighted by Crippen LogP contribution is -2.19. The Balaban J connectivity index is 2.02. The fraction of sp³-hybridized carbons (Fsp3) is 0.133. The van der Waals surface area contributed by atoms with Crippen LogP contribution in [0.15, 0.2) is 52.8 Å². The summed E-state index contributed by atoms with van der Waals surface area (Å²) < 4.78 is 2.82. The zero-order valence-electron chi connectivity index (χ0n) is 10.1. The lowest BCUT2D eigenvalue weighted by atomic mass is 10.1. The lowest BCUT2D eigenvalue weighted by Gasteiger charge is -2.06. The minimum Gasteiger partial charge on any atom is -0.311 e. The monoisotopic (exact) mass is 255 g/mol. The highest BCUT2D eigenvalue weighted by atomic mass is 32.1. The van der Waals surface area contributed by atoms with Crippen LogP contribution < -0.4 is 5.56 Å². The Bertz CT molecular complexity index is 737. The number of pyridine rings is 1. The van der Waals surface area contributed by atoms with Gasteiger partial charge < -0.3 is 4.57 Å². The zero-order chi connectivity index (χ0) is 12.5. The molecule has 0 aliphatic carbocycles. The van der Waals surface area contributed by atoms with E-state index in [2.05, 4.69) is 31.2 Å². The lowest BCUT2D eigenvalue weighted by molar-refractivity contribution is 0.768. The topological polar surface area (TPSA) is 22.0 Å². The van der Waals surface area contributed by atoms with Crippen molar-refractivity contribution in [1.29, 1.82) is 0 Å². The van der Waals surface area contributed by atoms with E-state index in [1.807, 2.05) is 23.7 Å². The number of aromatic nitrogens is 1. The van der Waals surface area contributed by atoms with Crippen LogP contribution >= 0.6 is 11.3 Å². The molecule has 2 aromatic heterocycles. The highest BCUT2D eigenvalue weighted by Gasteiger charge is 2.03. The van der Waals surface area contributed by atoms with Gasteiger partial charge in [0.2, 0.25) is 0 Å². The average molecular weight is 255 g/mol. The van der Waals surface area contributed by atoms with Crippen LogP contribution in [0.4, 0.5) is 0 Å². The summed E-state index contributed by atoms with van der Waals surface area (Å²) in [5, 5.41) is 2.78. The molecule has 3 heteroatoms. The summed E-state index contributed by atoms with van der Waals surface area (Å²) in [6.07, 6.45) is 1.88. The van der Waals surface area contributed by atoms with E-state index < -0.39 is 0 Å². The van der Waals surface area contributed by atoms with Crippen LogP contribution in [0.3, 0.4) is 0 Å². The summed E-state index contributed by atoms with van der Waals surface area (Å²) in [4.78, 5) is 12.2. The number of aryl methyl sites for hydroxylation is 1. The molecule has 2 nitrogen and oxygen atoms in total. The van der Waals surface area contributed by atoms with E-state index in [0.29, 0.717) is 6.54 Å². The van der Waals surface area contributed by atoms with Crippen molar-refractivity contribution in [3.05, 3.63) is 69.5 Å². The van der Waals surface area contributed by atoms with Crippen LogP contribution in [0.25, 0.3) is 10.1 Å². The Hall–Kier alpha value is -1.87. The summed E-state index contributed by atoms with van der Waals surface area (Å²) in [6.45, 7) is 2.69. The van der Waals surface area contributed by atoms with Gasteiger partial charge in [0.05, 0.1) is 11.9 Å². The third kappa shape index (κ3) is 1.97. The molecule has 0 radical (unpaired) electrons. The number of hydrogen-bond donors (Lipinski definition) is 0. The molecule has 0 saturated heterocycles. The molecule has 3 rings (SSSR count). The zero-order valence-corrected chi connectivity index (χ0v) is 10.9. The quantitative estimate of drug-likeness (QED) is 0.687. The highest BCUT2D eigenvalue weighted by molar-refractivity contribution is 7.17. The molecule has 0 aliphatic rings. The number of hydrogen-bond acceptors (Lipinski definition) is 2. The first-order valence-corrected chi connectivity index (χ1v) is 6.74. The van der Waals surface area contributed by atoms with E-state index in [1.54, 1.807) is 15.9 Å². The first-order chi connectivity index (χ1) is 8.74. The van der Waals surface area contributed by atoms with Gasteiger partial charge in [0, 0.05) is 10.9 Å². The van der Waals surface area contributed by atoms with Gasteiger partial charge in [-0.3, -0.25) is 4.79 Å². The molecular formula is C15H13NOS. The molecule has 0 saturated carbocycles. The van der Waals surface area contributed by atoms with Gasteiger partial charge in [-0.15, -0.1) is 11.3 Å². The van der Waals surface area contributed by atoms with Crippen LogP contribution in [0, 0.1) is 6.92 Å². The number of benzene rings is 1. The molecule has 0 atom stereocenters. The molecule has 0 unspecified atom stereocenters. The van der Waals surface area contributed by atoms with E-state index >= 15 is 0 Å². The Kier molecular flexibility index (Phi) is 2.76. The van der Waals surface area contributed by atoms with Gasteiger partial charge in [-0.05, 0) is 30.0 Å². The summed E-state index contributed by atoms with van der Waals surface area (Å²) >= 11 is 1.61. The standard InChI is InChI=1S/C15H13NOS/c1-11-2-4-12(5-3-11)10-16-8-6-14-13(15(16)17)7-9-18-14/h2-9H,10H2,1H3. The minimum absolute atomic E-state index is 0.0920. The second-order valence-corrected chi connectivity index (χ2v) is 5.38. The molecule has 2 heterocycles. The molecule has 1 aromatic carbocycles. The second kappa shape index (κ2) is 4.42. The first kappa shape index (κ1) is 11.2. The summed E-state index contributed by atoms with van der Waals surface area (Å²) in [5.74, 6) is 0. The largest absolute Gasteiger partial charge is 0.311 e. The van der Waals surface area contributed by atoms with Gasteiger partial charge in [-0.1, -0.05) is 29.8 Å². The fourth-order valence-electron chi connectivity index (χ4n) is 2.02. The van der Waals surface area contributed by atoms with Gasteiger partial charge in [0.15, 0.2) is 0 Å². The maximum Gasteiger partial charge on any atom is 0.259 e. The van der Waals surface area contributed by atoms with Crippen LogP contribution in [0.1, 0.15) is 11.1 Å². The Morgan fingerprint density at radius 3 is 2.67 bits per heavy atom. The number of rotatable bonds is 2. The van der Waals surface area contributed by atoms with E-state index in [1.165, 1.54) is 5.56 Å². The average Bonchev–Trinajstić information content (AvgIpc) is 2.84. The highest BCUT2D eigenvalue weighted by Crippen LogP contribution is 2.16. The third-order valence-corrected chi connectivity index (χ3v) is 3.95. The van der Waals surface area contributed by atoms with Crippen molar-refractivity contribution in [1.82, 2.24) is 4.57 Å². The molecule has 0 aliphatic heterocycles. The summed E-state index contributed by atoms with van der Waals surface area (Å²) in [6, 6.07) is 12.2. The maximum atomic E-state index is 12.2. The van der Waals surface area contributed by atoms with Crippen molar-refractivity contribution in [3.8, 4) is 0 Å².